The third kappa shape index (κ3) is 4.16. The lowest BCUT2D eigenvalue weighted by Gasteiger charge is -2.11. The fraction of sp³-hybridized carbons (Fsp3) is 0.294. The van der Waals surface area contributed by atoms with Crippen molar-refractivity contribution in [2.24, 2.45) is 7.05 Å². The Kier molecular flexibility index (Phi) is 5.01. The molecule has 0 aromatic carbocycles. The number of alkyl halides is 3. The maximum absolute atomic E-state index is 12.8. The maximum atomic E-state index is 12.8. The summed E-state index contributed by atoms with van der Waals surface area (Å²) in [6.45, 7) is 3.56. The number of carbonyl (C=O) groups excluding carboxylic acids is 1. The molecule has 3 aromatic rings. The lowest BCUT2D eigenvalue weighted by atomic mass is 10.2. The zero-order valence-corrected chi connectivity index (χ0v) is 15.5. The average Bonchev–Trinajstić information content (AvgIpc) is 3.21. The Labute approximate surface area is 157 Å². The van der Waals surface area contributed by atoms with Crippen LogP contribution in [0, 0.1) is 6.92 Å². The molecular formula is C17H16F3N5OS. The number of pyridine rings is 1. The number of hydrogen-bond donors (Lipinski definition) is 1. The highest BCUT2D eigenvalue weighted by Crippen LogP contribution is 2.30. The number of hydrogen-bond acceptors (Lipinski definition) is 5. The Morgan fingerprint density at radius 3 is 2.70 bits per heavy atom. The Bertz CT molecular complexity index is 979. The van der Waals surface area contributed by atoms with Crippen molar-refractivity contribution >= 4 is 17.4 Å². The van der Waals surface area contributed by atoms with Gasteiger partial charge in [-0.3, -0.25) is 9.78 Å². The van der Waals surface area contributed by atoms with Gasteiger partial charge in [0.2, 0.25) is 0 Å². The monoisotopic (exact) mass is 395 g/mol. The van der Waals surface area contributed by atoms with Gasteiger partial charge in [-0.2, -0.15) is 17.5 Å². The van der Waals surface area contributed by atoms with Crippen LogP contribution in [0.2, 0.25) is 0 Å². The molecule has 0 aliphatic rings. The zero-order chi connectivity index (χ0) is 19.8. The van der Waals surface area contributed by atoms with Crippen LogP contribution in [0.25, 0.3) is 11.4 Å². The van der Waals surface area contributed by atoms with Gasteiger partial charge in [0.1, 0.15) is 10.7 Å². The number of rotatable bonds is 4. The van der Waals surface area contributed by atoms with E-state index in [1.807, 2.05) is 13.0 Å². The summed E-state index contributed by atoms with van der Waals surface area (Å²) in [6.07, 6.45) is -1.96. The van der Waals surface area contributed by atoms with Gasteiger partial charge in [0.25, 0.3) is 5.91 Å². The molecule has 0 aliphatic heterocycles. The number of halogens is 3. The molecule has 0 aliphatic carbocycles. The molecule has 1 atom stereocenters. The number of amides is 1. The summed E-state index contributed by atoms with van der Waals surface area (Å²) in [5.41, 5.74) is 0.688. The van der Waals surface area contributed by atoms with Crippen LogP contribution in [0.1, 0.15) is 39.7 Å². The van der Waals surface area contributed by atoms with Crippen LogP contribution < -0.4 is 5.32 Å². The number of aromatic nitrogens is 4. The summed E-state index contributed by atoms with van der Waals surface area (Å²) in [5.74, 6) is -0.100. The summed E-state index contributed by atoms with van der Waals surface area (Å²) >= 11 is 1.13. The molecule has 6 nitrogen and oxygen atoms in total. The fourth-order valence-corrected chi connectivity index (χ4v) is 3.16. The van der Waals surface area contributed by atoms with Crippen molar-refractivity contribution in [3.63, 3.8) is 0 Å². The van der Waals surface area contributed by atoms with Gasteiger partial charge in [0.05, 0.1) is 11.6 Å². The molecule has 0 spiro atoms. The van der Waals surface area contributed by atoms with Crippen LogP contribution in [0.4, 0.5) is 13.2 Å². The quantitative estimate of drug-likeness (QED) is 0.730. The number of nitrogens with one attached hydrogen (secondary N) is 1. The van der Waals surface area contributed by atoms with Crippen molar-refractivity contribution in [1.82, 2.24) is 24.2 Å². The number of carbonyl (C=O) groups is 1. The summed E-state index contributed by atoms with van der Waals surface area (Å²) in [7, 11) is 1.39. The normalized spacial score (nSPS) is 12.8. The largest absolute Gasteiger partial charge is 0.417 e. The Morgan fingerprint density at radius 1 is 1.33 bits per heavy atom. The predicted molar refractivity (Wildman–Crippen MR) is 94.2 cm³/mol. The molecule has 3 aromatic heterocycles. The van der Waals surface area contributed by atoms with E-state index in [9.17, 15) is 18.0 Å². The van der Waals surface area contributed by atoms with Gasteiger partial charge in [0, 0.05) is 30.7 Å². The van der Waals surface area contributed by atoms with Gasteiger partial charge in [-0.1, -0.05) is 0 Å². The minimum Gasteiger partial charge on any atom is -0.346 e. The molecule has 0 saturated heterocycles. The third-order valence-corrected chi connectivity index (χ3v) is 4.78. The Morgan fingerprint density at radius 2 is 2.07 bits per heavy atom. The van der Waals surface area contributed by atoms with Crippen molar-refractivity contribution in [2.75, 3.05) is 0 Å². The van der Waals surface area contributed by atoms with Crippen LogP contribution in [0.5, 0.6) is 0 Å². The first kappa shape index (κ1) is 19.0. The molecule has 1 amide bonds. The van der Waals surface area contributed by atoms with Crippen molar-refractivity contribution in [1.29, 1.82) is 0 Å². The topological polar surface area (TPSA) is 72.7 Å². The van der Waals surface area contributed by atoms with E-state index in [2.05, 4.69) is 19.7 Å². The summed E-state index contributed by atoms with van der Waals surface area (Å²) in [6, 6.07) is 3.95. The highest BCUT2D eigenvalue weighted by atomic mass is 32.1. The van der Waals surface area contributed by atoms with Crippen LogP contribution >= 0.6 is 11.5 Å². The standard InChI is InChI=1S/C17H16F3N5OS/c1-9-6-11(4-5-21-9)14-23-16(27-24-14)10(2)22-15(26)13-7-12(8-25(13)3)17(18,19)20/h4-8,10H,1-3H3,(H,22,26)/t10-/m1/s1. The predicted octanol–water partition coefficient (Wildman–Crippen LogP) is 3.76. The highest BCUT2D eigenvalue weighted by molar-refractivity contribution is 7.05. The van der Waals surface area contributed by atoms with Gasteiger partial charge in [-0.15, -0.1) is 0 Å². The highest BCUT2D eigenvalue weighted by Gasteiger charge is 2.33. The van der Waals surface area contributed by atoms with Crippen LogP contribution in [-0.4, -0.2) is 24.8 Å². The second-order valence-corrected chi connectivity index (χ2v) is 6.84. The van der Waals surface area contributed by atoms with E-state index in [4.69, 9.17) is 0 Å². The van der Waals surface area contributed by atoms with Crippen molar-refractivity contribution in [3.05, 3.63) is 52.6 Å². The van der Waals surface area contributed by atoms with Crippen molar-refractivity contribution in [2.45, 2.75) is 26.1 Å². The second kappa shape index (κ2) is 7.10. The summed E-state index contributed by atoms with van der Waals surface area (Å²) < 4.78 is 43.8. The minimum atomic E-state index is -4.50. The molecule has 0 radical (unpaired) electrons. The molecule has 3 rings (SSSR count). The molecule has 0 bridgehead atoms. The van der Waals surface area contributed by atoms with Gasteiger partial charge >= 0.3 is 6.18 Å². The van der Waals surface area contributed by atoms with Crippen molar-refractivity contribution in [3.8, 4) is 11.4 Å². The molecule has 0 fully saturated rings. The van der Waals surface area contributed by atoms with Crippen molar-refractivity contribution < 1.29 is 18.0 Å². The second-order valence-electron chi connectivity index (χ2n) is 6.06. The first-order chi connectivity index (χ1) is 12.6. The van der Waals surface area contributed by atoms with E-state index in [1.54, 1.807) is 19.2 Å². The Balaban J connectivity index is 1.75. The SMILES string of the molecule is Cc1cc(-c2nsc([C@@H](C)NC(=O)c3cc(C(F)(F)F)cn3C)n2)ccn1. The molecule has 142 valence electrons. The minimum absolute atomic E-state index is 0.0799. The lowest BCUT2D eigenvalue weighted by molar-refractivity contribution is -0.137. The molecule has 10 heteroatoms. The fourth-order valence-electron chi connectivity index (χ4n) is 2.49. The number of aryl methyl sites for hydroxylation is 2. The van der Waals surface area contributed by atoms with E-state index in [0.29, 0.717) is 10.8 Å². The molecule has 0 saturated carbocycles. The van der Waals surface area contributed by atoms with Gasteiger partial charge in [-0.25, -0.2) is 4.98 Å². The first-order valence-corrected chi connectivity index (χ1v) is 8.73. The maximum Gasteiger partial charge on any atom is 0.417 e. The summed E-state index contributed by atoms with van der Waals surface area (Å²) in [5, 5.41) is 3.22. The number of nitrogens with zero attached hydrogens (tertiary/aromatic N) is 4. The molecule has 0 unspecified atom stereocenters. The smallest absolute Gasteiger partial charge is 0.346 e. The van der Waals surface area contributed by atoms with Gasteiger partial charge in [-0.05, 0) is 43.6 Å². The Hall–Kier alpha value is -2.75. The van der Waals surface area contributed by atoms with Gasteiger partial charge in [0.15, 0.2) is 5.82 Å². The lowest BCUT2D eigenvalue weighted by Crippen LogP contribution is -2.28. The van der Waals surface area contributed by atoms with E-state index in [0.717, 1.165) is 39.6 Å². The van der Waals surface area contributed by atoms with Crippen LogP contribution in [0.15, 0.2) is 30.6 Å². The van der Waals surface area contributed by atoms with Gasteiger partial charge < -0.3 is 9.88 Å². The van der Waals surface area contributed by atoms with Crippen LogP contribution in [0.3, 0.4) is 0 Å². The average molecular weight is 395 g/mol. The third-order valence-electron chi connectivity index (χ3n) is 3.88. The molecule has 3 heterocycles. The molecular weight excluding hydrogens is 379 g/mol. The van der Waals surface area contributed by atoms with E-state index >= 15 is 0 Å². The van der Waals surface area contributed by atoms with E-state index < -0.39 is 23.7 Å². The van der Waals surface area contributed by atoms with E-state index in [-0.39, 0.29) is 5.69 Å². The first-order valence-electron chi connectivity index (χ1n) is 7.96. The zero-order valence-electron chi connectivity index (χ0n) is 14.7. The van der Waals surface area contributed by atoms with E-state index in [1.165, 1.54) is 7.05 Å². The molecule has 27 heavy (non-hydrogen) atoms. The van der Waals surface area contributed by atoms with Crippen LogP contribution in [-0.2, 0) is 13.2 Å². The molecule has 1 N–H and O–H groups in total. The summed E-state index contributed by atoms with van der Waals surface area (Å²) in [4.78, 5) is 20.9.